The van der Waals surface area contributed by atoms with Gasteiger partial charge < -0.3 is 26.3 Å². The second kappa shape index (κ2) is 13.8. The standard InChI is InChI=1S/C30H36ClFN6O3/c1-18(2)4-3-5-20-12-24(27(32)25(31)13-20)26-14-21-15-38(30(40)37-28(21)36-26)22-8-6-19(7-9-22)17-41-23(16-39)10-11-35-29(33)34/h6-9,12-15,18,23,39H,3-5,10-11,16-17H2,1-2H3,(H4,33,34,35)(H,36,37,40)/t23-/m0/s1. The number of nitrogens with one attached hydrogen (secondary N) is 1. The number of hydrogen-bond donors (Lipinski definition) is 4. The van der Waals surface area contributed by atoms with Crippen molar-refractivity contribution < 1.29 is 14.2 Å². The topological polar surface area (TPSA) is 145 Å². The van der Waals surface area contributed by atoms with Crippen LogP contribution in [0.15, 0.2) is 58.4 Å². The number of aromatic amines is 1. The molecule has 0 aliphatic heterocycles. The molecule has 6 N–H and O–H groups in total. The summed E-state index contributed by atoms with van der Waals surface area (Å²) >= 11 is 6.24. The number of nitrogens with two attached hydrogens (primary N) is 2. The molecule has 0 aliphatic rings. The molecule has 0 fully saturated rings. The number of ether oxygens (including phenoxy) is 1. The van der Waals surface area contributed by atoms with Gasteiger partial charge in [0.05, 0.1) is 35.7 Å². The number of hydrogen-bond acceptors (Lipinski definition) is 5. The number of H-pyrrole nitrogens is 1. The van der Waals surface area contributed by atoms with Crippen LogP contribution in [0.25, 0.3) is 28.0 Å². The van der Waals surface area contributed by atoms with E-state index in [-0.39, 0.29) is 24.2 Å². The smallest absolute Gasteiger partial charge is 0.354 e. The largest absolute Gasteiger partial charge is 0.394 e. The van der Waals surface area contributed by atoms with Crippen molar-refractivity contribution in [3.8, 4) is 16.9 Å². The second-order valence-electron chi connectivity index (χ2n) is 10.5. The minimum absolute atomic E-state index is 0.00524. The molecule has 0 saturated heterocycles. The molecule has 0 aliphatic carbocycles. The van der Waals surface area contributed by atoms with Crippen LogP contribution in [0.1, 0.15) is 44.2 Å². The minimum Gasteiger partial charge on any atom is -0.394 e. The monoisotopic (exact) mass is 582 g/mol. The second-order valence-corrected chi connectivity index (χ2v) is 10.9. The molecule has 1 atom stereocenters. The van der Waals surface area contributed by atoms with Crippen molar-refractivity contribution in [1.82, 2.24) is 14.5 Å². The lowest BCUT2D eigenvalue weighted by Gasteiger charge is -2.15. The molecular formula is C30H36ClFN6O3. The van der Waals surface area contributed by atoms with Crippen molar-refractivity contribution in [3.05, 3.63) is 81.1 Å². The number of halogens is 2. The van der Waals surface area contributed by atoms with Gasteiger partial charge in [0, 0.05) is 23.7 Å². The fraction of sp³-hybridized carbons (Fsp3) is 0.367. The Morgan fingerprint density at radius 1 is 1.17 bits per heavy atom. The summed E-state index contributed by atoms with van der Waals surface area (Å²) in [6, 6.07) is 12.5. The van der Waals surface area contributed by atoms with E-state index < -0.39 is 17.6 Å². The number of aryl methyl sites for hydroxylation is 1. The molecule has 0 saturated carbocycles. The fourth-order valence-corrected chi connectivity index (χ4v) is 4.80. The Labute approximate surface area is 243 Å². The van der Waals surface area contributed by atoms with Crippen LogP contribution in [0.4, 0.5) is 4.39 Å². The van der Waals surface area contributed by atoms with E-state index >= 15 is 4.39 Å². The summed E-state index contributed by atoms with van der Waals surface area (Å²) in [5.74, 6) is 0.0714. The summed E-state index contributed by atoms with van der Waals surface area (Å²) in [5.41, 5.74) is 13.8. The highest BCUT2D eigenvalue weighted by molar-refractivity contribution is 6.31. The highest BCUT2D eigenvalue weighted by Gasteiger charge is 2.16. The average Bonchev–Trinajstić information content (AvgIpc) is 3.34. The SMILES string of the molecule is CC(C)CCCc1cc(Cl)c(F)c(-c2cc3cn(-c4ccc(CO[C@H](CO)CCN=C(N)N)cc4)c(=O)nc3[nH]2)c1. The molecule has 0 spiro atoms. The molecule has 218 valence electrons. The number of aliphatic imine (C=N–C) groups is 1. The molecule has 4 rings (SSSR count). The summed E-state index contributed by atoms with van der Waals surface area (Å²) in [4.78, 5) is 24.0. The Hall–Kier alpha value is -3.73. The molecule has 2 aromatic carbocycles. The Balaban J connectivity index is 1.52. The third-order valence-electron chi connectivity index (χ3n) is 6.78. The van der Waals surface area contributed by atoms with Gasteiger partial charge in [0.15, 0.2) is 11.8 Å². The molecule has 0 bridgehead atoms. The molecule has 2 aromatic heterocycles. The van der Waals surface area contributed by atoms with Crippen LogP contribution in [-0.4, -0.2) is 44.9 Å². The van der Waals surface area contributed by atoms with Crippen LogP contribution in [-0.2, 0) is 17.8 Å². The Morgan fingerprint density at radius 3 is 2.61 bits per heavy atom. The Bertz CT molecular complexity index is 1560. The summed E-state index contributed by atoms with van der Waals surface area (Å²) < 4.78 is 22.3. The van der Waals surface area contributed by atoms with E-state index in [4.69, 9.17) is 27.8 Å². The van der Waals surface area contributed by atoms with Crippen molar-refractivity contribution in [2.24, 2.45) is 22.4 Å². The first-order valence-corrected chi connectivity index (χ1v) is 14.0. The van der Waals surface area contributed by atoms with Gasteiger partial charge in [0.25, 0.3) is 0 Å². The van der Waals surface area contributed by atoms with Crippen LogP contribution in [0, 0.1) is 11.7 Å². The molecule has 0 radical (unpaired) electrons. The fourth-order valence-electron chi connectivity index (χ4n) is 4.56. The van der Waals surface area contributed by atoms with Gasteiger partial charge >= 0.3 is 5.69 Å². The number of aliphatic hydroxyl groups excluding tert-OH is 1. The van der Waals surface area contributed by atoms with Gasteiger partial charge in [-0.15, -0.1) is 0 Å². The van der Waals surface area contributed by atoms with Crippen molar-refractivity contribution in [2.75, 3.05) is 13.2 Å². The van der Waals surface area contributed by atoms with Gasteiger partial charge in [-0.3, -0.25) is 9.56 Å². The number of aromatic nitrogens is 3. The third-order valence-corrected chi connectivity index (χ3v) is 7.06. The number of fused-ring (bicyclic) bond motifs is 1. The van der Waals surface area contributed by atoms with Crippen molar-refractivity contribution in [2.45, 2.75) is 52.2 Å². The molecule has 9 nitrogen and oxygen atoms in total. The number of rotatable bonds is 13. The van der Waals surface area contributed by atoms with Crippen LogP contribution >= 0.6 is 11.6 Å². The van der Waals surface area contributed by atoms with Crippen LogP contribution in [0.5, 0.6) is 0 Å². The zero-order valence-electron chi connectivity index (χ0n) is 23.2. The van der Waals surface area contributed by atoms with E-state index in [1.54, 1.807) is 36.5 Å². The van der Waals surface area contributed by atoms with Crippen LogP contribution < -0.4 is 17.2 Å². The number of nitrogens with zero attached hydrogens (tertiary/aromatic N) is 3. The van der Waals surface area contributed by atoms with Crippen molar-refractivity contribution >= 4 is 28.6 Å². The lowest BCUT2D eigenvalue weighted by Crippen LogP contribution is -2.24. The highest BCUT2D eigenvalue weighted by atomic mass is 35.5. The van der Waals surface area contributed by atoms with Gasteiger partial charge in [0.2, 0.25) is 0 Å². The zero-order valence-corrected chi connectivity index (χ0v) is 24.0. The highest BCUT2D eigenvalue weighted by Crippen LogP contribution is 2.31. The van der Waals surface area contributed by atoms with Gasteiger partial charge in [-0.25, -0.2) is 9.18 Å². The maximum Gasteiger partial charge on any atom is 0.354 e. The normalized spacial score (nSPS) is 12.2. The van der Waals surface area contributed by atoms with E-state index in [2.05, 4.69) is 28.8 Å². The van der Waals surface area contributed by atoms with Crippen molar-refractivity contribution in [3.63, 3.8) is 0 Å². The van der Waals surface area contributed by atoms with E-state index in [9.17, 15) is 9.90 Å². The zero-order chi connectivity index (χ0) is 29.5. The number of aliphatic hydroxyl groups is 1. The van der Waals surface area contributed by atoms with Gasteiger partial charge in [0.1, 0.15) is 5.65 Å². The first-order valence-electron chi connectivity index (χ1n) is 13.6. The number of benzene rings is 2. The predicted molar refractivity (Wildman–Crippen MR) is 161 cm³/mol. The molecular weight excluding hydrogens is 547 g/mol. The lowest BCUT2D eigenvalue weighted by molar-refractivity contribution is -0.000538. The minimum atomic E-state index is -0.515. The van der Waals surface area contributed by atoms with E-state index in [0.29, 0.717) is 46.9 Å². The maximum atomic E-state index is 15.1. The average molecular weight is 583 g/mol. The molecule has 11 heteroatoms. The molecule has 2 heterocycles. The first kappa shape index (κ1) is 30.2. The Kier molecular flexibility index (Phi) is 10.1. The van der Waals surface area contributed by atoms with E-state index in [1.807, 2.05) is 12.1 Å². The maximum absolute atomic E-state index is 15.1. The lowest BCUT2D eigenvalue weighted by atomic mass is 10.00. The summed E-state index contributed by atoms with van der Waals surface area (Å²) in [6.07, 6.45) is 4.60. The molecule has 4 aromatic rings. The first-order chi connectivity index (χ1) is 19.6. The molecule has 0 amide bonds. The number of guanidine groups is 1. The third kappa shape index (κ3) is 7.93. The van der Waals surface area contributed by atoms with Crippen LogP contribution in [0.3, 0.4) is 0 Å². The molecule has 41 heavy (non-hydrogen) atoms. The van der Waals surface area contributed by atoms with Crippen molar-refractivity contribution in [1.29, 1.82) is 0 Å². The van der Waals surface area contributed by atoms with Gasteiger partial charge in [-0.2, -0.15) is 4.98 Å². The van der Waals surface area contributed by atoms with Crippen LogP contribution in [0.2, 0.25) is 5.02 Å². The summed E-state index contributed by atoms with van der Waals surface area (Å²) in [7, 11) is 0. The summed E-state index contributed by atoms with van der Waals surface area (Å²) in [6.45, 7) is 4.82. The predicted octanol–water partition coefficient (Wildman–Crippen LogP) is 4.69. The van der Waals surface area contributed by atoms with Gasteiger partial charge in [-0.05, 0) is 66.6 Å². The summed E-state index contributed by atoms with van der Waals surface area (Å²) in [5, 5.41) is 10.3. The Morgan fingerprint density at radius 2 is 1.93 bits per heavy atom. The van der Waals surface area contributed by atoms with Gasteiger partial charge in [-0.1, -0.05) is 44.0 Å². The quantitative estimate of drug-likeness (QED) is 0.133. The van der Waals surface area contributed by atoms with E-state index in [1.165, 1.54) is 4.57 Å². The van der Waals surface area contributed by atoms with E-state index in [0.717, 1.165) is 30.4 Å². The molecule has 0 unspecified atom stereocenters.